The van der Waals surface area contributed by atoms with E-state index in [0.29, 0.717) is 5.91 Å². The predicted molar refractivity (Wildman–Crippen MR) is 94.0 cm³/mol. The summed E-state index contributed by atoms with van der Waals surface area (Å²) in [6.45, 7) is 5.82. The number of hydrogen-bond acceptors (Lipinski definition) is 4. The highest BCUT2D eigenvalue weighted by Crippen LogP contribution is 2.32. The van der Waals surface area contributed by atoms with Crippen LogP contribution in [0.2, 0.25) is 0 Å². The third-order valence-electron chi connectivity index (χ3n) is 5.62. The molecule has 2 N–H and O–H groups in total. The van der Waals surface area contributed by atoms with E-state index in [1.807, 2.05) is 4.90 Å². The smallest absolute Gasteiger partial charge is 0.290 e. The van der Waals surface area contributed by atoms with Gasteiger partial charge in [0, 0.05) is 32.0 Å². The van der Waals surface area contributed by atoms with Crippen LogP contribution in [0.15, 0.2) is 11.1 Å². The van der Waals surface area contributed by atoms with Crippen LogP contribution in [0, 0.1) is 5.92 Å². The Morgan fingerprint density at radius 3 is 2.52 bits per heavy atom. The van der Waals surface area contributed by atoms with Crippen LogP contribution in [0.3, 0.4) is 0 Å². The van der Waals surface area contributed by atoms with E-state index in [0.717, 1.165) is 51.0 Å². The van der Waals surface area contributed by atoms with E-state index in [1.165, 1.54) is 11.1 Å². The molecule has 1 saturated heterocycles. The molecule has 2 heterocycles. The highest BCUT2D eigenvalue weighted by molar-refractivity contribution is 5.90. The average Bonchev–Trinajstić information content (AvgIpc) is 3.13. The van der Waals surface area contributed by atoms with Crippen LogP contribution in [-0.4, -0.2) is 52.0 Å². The SMILES string of the molecule is CNC(=O)c1n[nH]c(C2CCN(C(=O)C3CCC(C)=C(C)C3)CC2)n1. The average molecular weight is 345 g/mol. The molecule has 0 radical (unpaired) electrons. The van der Waals surface area contributed by atoms with Crippen molar-refractivity contribution in [1.29, 1.82) is 0 Å². The summed E-state index contributed by atoms with van der Waals surface area (Å²) in [5.41, 5.74) is 2.82. The van der Waals surface area contributed by atoms with E-state index in [1.54, 1.807) is 7.05 Å². The van der Waals surface area contributed by atoms with Crippen LogP contribution in [0.1, 0.15) is 68.3 Å². The fourth-order valence-corrected chi connectivity index (χ4v) is 3.76. The highest BCUT2D eigenvalue weighted by atomic mass is 16.2. The summed E-state index contributed by atoms with van der Waals surface area (Å²) in [6.07, 6.45) is 4.63. The number of allylic oxidation sites excluding steroid dienone is 2. The van der Waals surface area contributed by atoms with Gasteiger partial charge in [0.15, 0.2) is 0 Å². The van der Waals surface area contributed by atoms with Gasteiger partial charge in [-0.2, -0.15) is 0 Å². The molecule has 1 aliphatic heterocycles. The third kappa shape index (κ3) is 3.75. The van der Waals surface area contributed by atoms with Gasteiger partial charge in [-0.15, -0.1) is 5.10 Å². The minimum Gasteiger partial charge on any atom is -0.352 e. The lowest BCUT2D eigenvalue weighted by Crippen LogP contribution is -2.42. The van der Waals surface area contributed by atoms with Crippen molar-refractivity contribution >= 4 is 11.8 Å². The number of nitrogens with one attached hydrogen (secondary N) is 2. The second kappa shape index (κ2) is 7.37. The van der Waals surface area contributed by atoms with E-state index < -0.39 is 0 Å². The zero-order valence-electron chi connectivity index (χ0n) is 15.3. The first-order valence-corrected chi connectivity index (χ1v) is 9.08. The van der Waals surface area contributed by atoms with E-state index in [4.69, 9.17) is 0 Å². The van der Waals surface area contributed by atoms with Gasteiger partial charge >= 0.3 is 0 Å². The maximum atomic E-state index is 12.8. The molecule has 1 atom stereocenters. The lowest BCUT2D eigenvalue weighted by Gasteiger charge is -2.35. The Hall–Kier alpha value is -2.18. The van der Waals surface area contributed by atoms with Crippen molar-refractivity contribution < 1.29 is 9.59 Å². The molecule has 0 bridgehead atoms. The number of H-pyrrole nitrogens is 1. The zero-order valence-corrected chi connectivity index (χ0v) is 15.3. The Balaban J connectivity index is 1.56. The number of amides is 2. The Morgan fingerprint density at radius 2 is 1.88 bits per heavy atom. The molecule has 7 nitrogen and oxygen atoms in total. The number of nitrogens with zero attached hydrogens (tertiary/aromatic N) is 3. The van der Waals surface area contributed by atoms with Crippen molar-refractivity contribution in [2.75, 3.05) is 20.1 Å². The summed E-state index contributed by atoms with van der Waals surface area (Å²) in [5.74, 6) is 1.31. The molecule has 0 spiro atoms. The number of likely N-dealkylation sites (tertiary alicyclic amines) is 1. The number of aromatic nitrogens is 3. The lowest BCUT2D eigenvalue weighted by molar-refractivity contribution is -0.137. The van der Waals surface area contributed by atoms with Crippen molar-refractivity contribution in [3.63, 3.8) is 0 Å². The number of piperidine rings is 1. The van der Waals surface area contributed by atoms with Gasteiger partial charge in [0.05, 0.1) is 0 Å². The zero-order chi connectivity index (χ0) is 18.0. The molecule has 1 aromatic heterocycles. The van der Waals surface area contributed by atoms with Crippen LogP contribution in [0.5, 0.6) is 0 Å². The van der Waals surface area contributed by atoms with Crippen LogP contribution < -0.4 is 5.32 Å². The summed E-state index contributed by atoms with van der Waals surface area (Å²) >= 11 is 0. The second-order valence-electron chi connectivity index (χ2n) is 7.22. The standard InChI is InChI=1S/C18H27N5O2/c1-11-4-5-14(10-12(11)2)18(25)23-8-6-13(7-9-23)15-20-16(22-21-15)17(24)19-3/h13-14H,4-10H2,1-3H3,(H,19,24)(H,20,21,22). The first-order chi connectivity index (χ1) is 12.0. The number of rotatable bonds is 3. The normalized spacial score (nSPS) is 22.2. The minimum absolute atomic E-state index is 0.144. The fourth-order valence-electron chi connectivity index (χ4n) is 3.76. The highest BCUT2D eigenvalue weighted by Gasteiger charge is 2.31. The quantitative estimate of drug-likeness (QED) is 0.820. The molecule has 7 heteroatoms. The Bertz CT molecular complexity index is 685. The Morgan fingerprint density at radius 1 is 1.16 bits per heavy atom. The third-order valence-corrected chi connectivity index (χ3v) is 5.62. The molecule has 2 aliphatic rings. The lowest BCUT2D eigenvalue weighted by atomic mass is 9.83. The van der Waals surface area contributed by atoms with Crippen LogP contribution in [0.25, 0.3) is 0 Å². The second-order valence-corrected chi connectivity index (χ2v) is 7.22. The van der Waals surface area contributed by atoms with Crippen molar-refractivity contribution in [3.05, 3.63) is 22.8 Å². The van der Waals surface area contributed by atoms with Gasteiger partial charge in [-0.25, -0.2) is 4.98 Å². The first-order valence-electron chi connectivity index (χ1n) is 9.08. The minimum atomic E-state index is -0.286. The summed E-state index contributed by atoms with van der Waals surface area (Å²) in [5, 5.41) is 9.37. The number of hydrogen-bond donors (Lipinski definition) is 2. The number of carbonyl (C=O) groups is 2. The largest absolute Gasteiger partial charge is 0.352 e. The fraction of sp³-hybridized carbons (Fsp3) is 0.667. The monoisotopic (exact) mass is 345 g/mol. The molecule has 3 rings (SSSR count). The first kappa shape index (κ1) is 17.6. The summed E-state index contributed by atoms with van der Waals surface area (Å²) < 4.78 is 0. The molecule has 136 valence electrons. The molecule has 1 fully saturated rings. The maximum Gasteiger partial charge on any atom is 0.290 e. The Kier molecular flexibility index (Phi) is 5.20. The van der Waals surface area contributed by atoms with Crippen molar-refractivity contribution in [2.45, 2.75) is 51.9 Å². The molecule has 1 aromatic rings. The van der Waals surface area contributed by atoms with Crippen molar-refractivity contribution in [1.82, 2.24) is 25.4 Å². The molecule has 1 aliphatic carbocycles. The van der Waals surface area contributed by atoms with E-state index >= 15 is 0 Å². The molecule has 2 amide bonds. The Labute approximate surface area is 148 Å². The number of aromatic amines is 1. The van der Waals surface area contributed by atoms with Gasteiger partial charge in [0.1, 0.15) is 5.82 Å². The molecular weight excluding hydrogens is 318 g/mol. The number of carbonyl (C=O) groups excluding carboxylic acids is 2. The van der Waals surface area contributed by atoms with Crippen molar-refractivity contribution in [2.24, 2.45) is 5.92 Å². The van der Waals surface area contributed by atoms with Gasteiger partial charge in [-0.3, -0.25) is 14.7 Å². The molecule has 0 saturated carbocycles. The van der Waals surface area contributed by atoms with E-state index in [9.17, 15) is 9.59 Å². The maximum absolute atomic E-state index is 12.8. The topological polar surface area (TPSA) is 91.0 Å². The van der Waals surface area contributed by atoms with Gasteiger partial charge < -0.3 is 10.2 Å². The van der Waals surface area contributed by atoms with Crippen LogP contribution >= 0.6 is 0 Å². The molecule has 1 unspecified atom stereocenters. The van der Waals surface area contributed by atoms with Gasteiger partial charge in [0.2, 0.25) is 11.7 Å². The van der Waals surface area contributed by atoms with E-state index in [2.05, 4.69) is 34.3 Å². The van der Waals surface area contributed by atoms with Gasteiger partial charge in [-0.1, -0.05) is 11.1 Å². The van der Waals surface area contributed by atoms with Crippen LogP contribution in [0.4, 0.5) is 0 Å². The van der Waals surface area contributed by atoms with Gasteiger partial charge in [0.25, 0.3) is 5.91 Å². The summed E-state index contributed by atoms with van der Waals surface area (Å²) in [7, 11) is 1.56. The van der Waals surface area contributed by atoms with Gasteiger partial charge in [-0.05, 0) is 46.0 Å². The summed E-state index contributed by atoms with van der Waals surface area (Å²) in [6, 6.07) is 0. The van der Waals surface area contributed by atoms with Crippen LogP contribution in [-0.2, 0) is 4.79 Å². The van der Waals surface area contributed by atoms with Crippen molar-refractivity contribution in [3.8, 4) is 0 Å². The van der Waals surface area contributed by atoms with E-state index in [-0.39, 0.29) is 23.6 Å². The summed E-state index contributed by atoms with van der Waals surface area (Å²) in [4.78, 5) is 30.7. The molecular formula is C18H27N5O2. The molecule has 0 aromatic carbocycles. The molecule has 25 heavy (non-hydrogen) atoms. The predicted octanol–water partition coefficient (Wildman–Crippen LogP) is 2.01.